The molecule has 1 atom stereocenters. The fraction of sp³-hybridized carbons (Fsp3) is 0.600. The molecule has 1 aromatic heterocycles. The first-order valence-corrected chi connectivity index (χ1v) is 11.5. The van der Waals surface area contributed by atoms with Gasteiger partial charge in [-0.3, -0.25) is 0 Å². The summed E-state index contributed by atoms with van der Waals surface area (Å²) >= 11 is 0. The number of rotatable bonds is 7. The highest BCUT2D eigenvalue weighted by atomic mass is 32.2. The molecule has 4 rings (SSSR count). The molecule has 1 aliphatic carbocycles. The van der Waals surface area contributed by atoms with E-state index in [1.807, 2.05) is 30.3 Å². The topological polar surface area (TPSA) is 79.5 Å². The zero-order chi connectivity index (χ0) is 19.8. The Labute approximate surface area is 166 Å². The van der Waals surface area contributed by atoms with Gasteiger partial charge in [0, 0.05) is 38.2 Å². The summed E-state index contributed by atoms with van der Waals surface area (Å²) in [5, 5.41) is 8.48. The molecule has 0 radical (unpaired) electrons. The van der Waals surface area contributed by atoms with Crippen molar-refractivity contribution in [3.63, 3.8) is 0 Å². The van der Waals surface area contributed by atoms with Gasteiger partial charge in [-0.25, -0.2) is 0 Å². The molecule has 1 saturated carbocycles. The Bertz CT molecular complexity index is 905. The molecule has 0 N–H and O–H groups in total. The molecule has 0 bridgehead atoms. The van der Waals surface area contributed by atoms with E-state index in [-0.39, 0.29) is 11.3 Å². The lowest BCUT2D eigenvalue weighted by Crippen LogP contribution is -2.46. The maximum Gasteiger partial charge on any atom is 0.281 e. The molecule has 2 aromatic rings. The van der Waals surface area contributed by atoms with E-state index in [9.17, 15) is 8.42 Å². The third-order valence-electron chi connectivity index (χ3n) is 6.21. The van der Waals surface area contributed by atoms with Gasteiger partial charge in [0.1, 0.15) is 0 Å². The van der Waals surface area contributed by atoms with E-state index < -0.39 is 10.2 Å². The van der Waals surface area contributed by atoms with E-state index in [0.29, 0.717) is 31.4 Å². The average Bonchev–Trinajstić information content (AvgIpc) is 3.18. The van der Waals surface area contributed by atoms with E-state index in [0.717, 1.165) is 37.7 Å². The third-order valence-corrected chi connectivity index (χ3v) is 8.20. The minimum absolute atomic E-state index is 0.120. The molecular weight excluding hydrogens is 376 g/mol. The SMILES string of the molecule is CCCCN(C)S(=O)(=O)N1CCC2(CC1)C[C@@H]2c1nnc(-c2ccccc2)o1. The van der Waals surface area contributed by atoms with Crippen LogP contribution >= 0.6 is 0 Å². The van der Waals surface area contributed by atoms with Crippen LogP contribution in [0.15, 0.2) is 34.7 Å². The van der Waals surface area contributed by atoms with Crippen LogP contribution in [0, 0.1) is 5.41 Å². The maximum absolute atomic E-state index is 12.7. The lowest BCUT2D eigenvalue weighted by Gasteiger charge is -2.34. The number of benzene rings is 1. The van der Waals surface area contributed by atoms with Crippen molar-refractivity contribution in [1.82, 2.24) is 18.8 Å². The number of hydrogen-bond acceptors (Lipinski definition) is 5. The molecule has 152 valence electrons. The van der Waals surface area contributed by atoms with Gasteiger partial charge in [-0.05, 0) is 43.2 Å². The summed E-state index contributed by atoms with van der Waals surface area (Å²) in [4.78, 5) is 0. The molecule has 2 aliphatic rings. The van der Waals surface area contributed by atoms with Crippen molar-refractivity contribution in [2.75, 3.05) is 26.7 Å². The highest BCUT2D eigenvalue weighted by molar-refractivity contribution is 7.86. The fourth-order valence-electron chi connectivity index (χ4n) is 4.18. The molecule has 0 unspecified atom stereocenters. The Morgan fingerprint density at radius 2 is 1.93 bits per heavy atom. The molecule has 28 heavy (non-hydrogen) atoms. The van der Waals surface area contributed by atoms with Crippen molar-refractivity contribution >= 4 is 10.2 Å². The van der Waals surface area contributed by atoms with E-state index in [4.69, 9.17) is 4.42 Å². The number of hydrogen-bond donors (Lipinski definition) is 0. The van der Waals surface area contributed by atoms with Gasteiger partial charge in [-0.2, -0.15) is 17.0 Å². The summed E-state index contributed by atoms with van der Waals surface area (Å²) in [6.45, 7) is 3.77. The highest BCUT2D eigenvalue weighted by Gasteiger charge is 2.59. The normalized spacial score (nSPS) is 22.0. The second kappa shape index (κ2) is 7.57. The fourth-order valence-corrected chi connectivity index (χ4v) is 5.58. The number of nitrogens with zero attached hydrogens (tertiary/aromatic N) is 4. The number of piperidine rings is 1. The summed E-state index contributed by atoms with van der Waals surface area (Å²) in [7, 11) is -1.68. The summed E-state index contributed by atoms with van der Waals surface area (Å²) in [6, 6.07) is 9.77. The molecule has 1 aromatic carbocycles. The van der Waals surface area contributed by atoms with Gasteiger partial charge in [0.2, 0.25) is 11.8 Å². The quantitative estimate of drug-likeness (QED) is 0.707. The van der Waals surface area contributed by atoms with E-state index in [1.165, 1.54) is 4.31 Å². The highest BCUT2D eigenvalue weighted by Crippen LogP contribution is 2.64. The van der Waals surface area contributed by atoms with Gasteiger partial charge in [-0.1, -0.05) is 31.5 Å². The zero-order valence-corrected chi connectivity index (χ0v) is 17.4. The van der Waals surface area contributed by atoms with Crippen LogP contribution in [0.1, 0.15) is 50.8 Å². The van der Waals surface area contributed by atoms with Crippen LogP contribution in [0.4, 0.5) is 0 Å². The number of aromatic nitrogens is 2. The molecule has 0 amide bonds. The first-order chi connectivity index (χ1) is 13.5. The van der Waals surface area contributed by atoms with Gasteiger partial charge in [0.25, 0.3) is 10.2 Å². The second-order valence-electron chi connectivity index (χ2n) is 8.01. The predicted octanol–water partition coefficient (Wildman–Crippen LogP) is 3.28. The van der Waals surface area contributed by atoms with Gasteiger partial charge >= 0.3 is 0 Å². The van der Waals surface area contributed by atoms with Crippen LogP contribution in [0.3, 0.4) is 0 Å². The van der Waals surface area contributed by atoms with Crippen molar-refractivity contribution in [3.8, 4) is 11.5 Å². The zero-order valence-electron chi connectivity index (χ0n) is 16.5. The van der Waals surface area contributed by atoms with Crippen LogP contribution in [-0.2, 0) is 10.2 Å². The molecule has 1 spiro atoms. The van der Waals surface area contributed by atoms with Gasteiger partial charge < -0.3 is 4.42 Å². The van der Waals surface area contributed by atoms with Crippen LogP contribution in [0.2, 0.25) is 0 Å². The first-order valence-electron chi connectivity index (χ1n) is 10.1. The van der Waals surface area contributed by atoms with E-state index in [1.54, 1.807) is 11.4 Å². The van der Waals surface area contributed by atoms with Crippen molar-refractivity contribution in [2.24, 2.45) is 5.41 Å². The summed E-state index contributed by atoms with van der Waals surface area (Å²) in [5.74, 6) is 1.49. The maximum atomic E-state index is 12.7. The summed E-state index contributed by atoms with van der Waals surface area (Å²) < 4.78 is 34.5. The summed E-state index contributed by atoms with van der Waals surface area (Å²) in [5.41, 5.74) is 1.04. The predicted molar refractivity (Wildman–Crippen MR) is 107 cm³/mol. The molecule has 8 heteroatoms. The lowest BCUT2D eigenvalue weighted by atomic mass is 9.92. The first kappa shape index (κ1) is 19.5. The van der Waals surface area contributed by atoms with E-state index in [2.05, 4.69) is 17.1 Å². The molecular formula is C20H28N4O3S. The Balaban J connectivity index is 1.38. The average molecular weight is 405 g/mol. The molecule has 2 heterocycles. The monoisotopic (exact) mass is 404 g/mol. The van der Waals surface area contributed by atoms with Crippen LogP contribution < -0.4 is 0 Å². The Morgan fingerprint density at radius 1 is 1.21 bits per heavy atom. The molecule has 2 fully saturated rings. The minimum atomic E-state index is -3.36. The van der Waals surface area contributed by atoms with Crippen molar-refractivity contribution in [2.45, 2.75) is 44.9 Å². The van der Waals surface area contributed by atoms with Crippen LogP contribution in [-0.4, -0.2) is 53.9 Å². The summed E-state index contributed by atoms with van der Waals surface area (Å²) in [6.07, 6.45) is 4.57. The smallest absolute Gasteiger partial charge is 0.281 e. The van der Waals surface area contributed by atoms with Gasteiger partial charge in [0.05, 0.1) is 0 Å². The largest absolute Gasteiger partial charge is 0.420 e. The van der Waals surface area contributed by atoms with Crippen molar-refractivity contribution < 1.29 is 12.8 Å². The Kier molecular flexibility index (Phi) is 5.28. The third kappa shape index (κ3) is 3.60. The molecule has 7 nitrogen and oxygen atoms in total. The standard InChI is InChI=1S/C20H28N4O3S/c1-3-4-12-23(2)28(25,26)24-13-10-20(11-14-24)15-17(20)19-22-21-18(27-19)16-8-6-5-7-9-16/h5-9,17H,3-4,10-15H2,1-2H3/t17-/m1/s1. The van der Waals surface area contributed by atoms with Crippen LogP contribution in [0.25, 0.3) is 11.5 Å². The Hall–Kier alpha value is -1.77. The van der Waals surface area contributed by atoms with Gasteiger partial charge in [-0.15, -0.1) is 10.2 Å². The van der Waals surface area contributed by atoms with Gasteiger partial charge in [0.15, 0.2) is 0 Å². The molecule has 1 aliphatic heterocycles. The second-order valence-corrected chi connectivity index (χ2v) is 10.0. The molecule has 1 saturated heterocycles. The Morgan fingerprint density at radius 3 is 2.61 bits per heavy atom. The van der Waals surface area contributed by atoms with E-state index >= 15 is 0 Å². The van der Waals surface area contributed by atoms with Crippen LogP contribution in [0.5, 0.6) is 0 Å². The number of unbranched alkanes of at least 4 members (excludes halogenated alkanes) is 1. The lowest BCUT2D eigenvalue weighted by molar-refractivity contribution is 0.234. The minimum Gasteiger partial charge on any atom is -0.420 e. The van der Waals surface area contributed by atoms with Crippen molar-refractivity contribution in [1.29, 1.82) is 0 Å². The van der Waals surface area contributed by atoms with Crippen molar-refractivity contribution in [3.05, 3.63) is 36.2 Å².